The molecule has 0 aliphatic carbocycles. The Morgan fingerprint density at radius 3 is 2.54 bits per heavy atom. The molecule has 3 aliphatic heterocycles. The molecule has 3 aliphatic rings. The van der Waals surface area contributed by atoms with Gasteiger partial charge in [0.05, 0.1) is 19.8 Å². The lowest BCUT2D eigenvalue weighted by molar-refractivity contribution is -0.122. The zero-order valence-corrected chi connectivity index (χ0v) is 20.4. The highest BCUT2D eigenvalue weighted by Crippen LogP contribution is 2.33. The van der Waals surface area contributed by atoms with Crippen LogP contribution in [0.1, 0.15) is 33.5 Å². The van der Waals surface area contributed by atoms with Crippen LogP contribution in [0.4, 0.5) is 0 Å². The molecule has 0 N–H and O–H groups in total. The summed E-state index contributed by atoms with van der Waals surface area (Å²) in [6, 6.07) is 13.6. The minimum absolute atomic E-state index is 0.0557. The number of likely N-dealkylation sites (N-methyl/N-ethyl adjacent to an activating group) is 1. The molecule has 2 fully saturated rings. The summed E-state index contributed by atoms with van der Waals surface area (Å²) in [5.74, 6) is 0.659. The lowest BCUT2D eigenvalue weighted by Crippen LogP contribution is -2.46. The van der Waals surface area contributed by atoms with Crippen LogP contribution in [0.3, 0.4) is 0 Å². The number of hydrogen-bond donors (Lipinski definition) is 0. The van der Waals surface area contributed by atoms with E-state index in [1.807, 2.05) is 25.2 Å². The Morgan fingerprint density at radius 2 is 1.77 bits per heavy atom. The van der Waals surface area contributed by atoms with Gasteiger partial charge in [0.15, 0.2) is 5.78 Å². The number of rotatable bonds is 6. The molecule has 2 aromatic rings. The largest absolute Gasteiger partial charge is 0.489 e. The van der Waals surface area contributed by atoms with Crippen LogP contribution in [0.2, 0.25) is 0 Å². The van der Waals surface area contributed by atoms with E-state index in [1.165, 1.54) is 5.56 Å². The molecule has 5 rings (SSSR count). The first-order valence-electron chi connectivity index (χ1n) is 12.3. The maximum atomic E-state index is 13.2. The van der Waals surface area contributed by atoms with Crippen molar-refractivity contribution < 1.29 is 19.1 Å². The third kappa shape index (κ3) is 5.32. The number of likely N-dealkylation sites (tertiary alicyclic amines) is 1. The van der Waals surface area contributed by atoms with E-state index in [-0.39, 0.29) is 11.7 Å². The van der Waals surface area contributed by atoms with E-state index in [9.17, 15) is 9.59 Å². The maximum Gasteiger partial charge on any atom is 0.255 e. The van der Waals surface area contributed by atoms with Crippen molar-refractivity contribution in [3.63, 3.8) is 0 Å². The molecular weight excluding hydrogens is 442 g/mol. The summed E-state index contributed by atoms with van der Waals surface area (Å²) in [5, 5.41) is 0. The van der Waals surface area contributed by atoms with Crippen LogP contribution < -0.4 is 4.74 Å². The van der Waals surface area contributed by atoms with Gasteiger partial charge in [0, 0.05) is 50.3 Å². The van der Waals surface area contributed by atoms with E-state index in [0.717, 1.165) is 49.5 Å². The molecule has 0 aromatic heterocycles. The van der Waals surface area contributed by atoms with Crippen molar-refractivity contribution in [2.45, 2.75) is 32.2 Å². The summed E-state index contributed by atoms with van der Waals surface area (Å²) < 4.78 is 11.6. The first-order chi connectivity index (χ1) is 17.0. The fraction of sp³-hybridized carbons (Fsp3) is 0.429. The first kappa shape index (κ1) is 23.7. The Labute approximate surface area is 206 Å². The van der Waals surface area contributed by atoms with Gasteiger partial charge in [0.1, 0.15) is 18.4 Å². The second kappa shape index (κ2) is 10.3. The lowest BCUT2D eigenvalue weighted by Gasteiger charge is -2.27. The highest BCUT2D eigenvalue weighted by molar-refractivity contribution is 6.02. The zero-order valence-electron chi connectivity index (χ0n) is 20.4. The normalized spacial score (nSPS) is 21.8. The molecule has 1 amide bonds. The Balaban J connectivity index is 1.25. The standard InChI is InChI=1S/C28H33N3O4/c1-20-14-26(32)25(18-29(2)15-20)31-17-24-23(28(31)33)4-3-5-27(24)35-19-22-8-6-21(7-9-22)16-30-10-12-34-13-11-30/h3-9,25H,1,10-19H2,2H3/t25-/m0/s1. The van der Waals surface area contributed by atoms with Gasteiger partial charge in [-0.2, -0.15) is 0 Å². The second-order valence-electron chi connectivity index (χ2n) is 9.81. The third-order valence-corrected chi connectivity index (χ3v) is 7.03. The summed E-state index contributed by atoms with van der Waals surface area (Å²) in [6.45, 7) is 10.5. The number of ether oxygens (including phenoxy) is 2. The average Bonchev–Trinajstić information content (AvgIpc) is 3.12. The highest BCUT2D eigenvalue weighted by Gasteiger charge is 2.39. The van der Waals surface area contributed by atoms with Gasteiger partial charge >= 0.3 is 0 Å². The summed E-state index contributed by atoms with van der Waals surface area (Å²) in [7, 11) is 1.96. The van der Waals surface area contributed by atoms with Crippen molar-refractivity contribution >= 4 is 11.7 Å². The summed E-state index contributed by atoms with van der Waals surface area (Å²) in [4.78, 5) is 32.3. The molecule has 3 heterocycles. The Morgan fingerprint density at radius 1 is 1.03 bits per heavy atom. The molecule has 0 unspecified atom stereocenters. The predicted octanol–water partition coefficient (Wildman–Crippen LogP) is 2.88. The number of carbonyl (C=O) groups excluding carboxylic acids is 2. The van der Waals surface area contributed by atoms with Gasteiger partial charge in [-0.1, -0.05) is 42.5 Å². The van der Waals surface area contributed by atoms with Crippen molar-refractivity contribution in [2.75, 3.05) is 46.4 Å². The van der Waals surface area contributed by atoms with Crippen LogP contribution in [0, 0.1) is 0 Å². The zero-order chi connectivity index (χ0) is 24.4. The molecule has 7 heteroatoms. The number of amides is 1. The fourth-order valence-corrected chi connectivity index (χ4v) is 5.17. The topological polar surface area (TPSA) is 62.3 Å². The highest BCUT2D eigenvalue weighted by atomic mass is 16.5. The lowest BCUT2D eigenvalue weighted by atomic mass is 10.1. The number of fused-ring (bicyclic) bond motifs is 1. The van der Waals surface area contributed by atoms with E-state index in [0.29, 0.717) is 44.0 Å². The molecule has 0 radical (unpaired) electrons. The van der Waals surface area contributed by atoms with Crippen molar-refractivity contribution in [1.82, 2.24) is 14.7 Å². The van der Waals surface area contributed by atoms with Crippen molar-refractivity contribution in [3.8, 4) is 5.75 Å². The van der Waals surface area contributed by atoms with Crippen LogP contribution in [0.25, 0.3) is 0 Å². The summed E-state index contributed by atoms with van der Waals surface area (Å²) in [5.41, 5.74) is 4.73. The smallest absolute Gasteiger partial charge is 0.255 e. The van der Waals surface area contributed by atoms with Crippen molar-refractivity contribution in [2.24, 2.45) is 0 Å². The summed E-state index contributed by atoms with van der Waals surface area (Å²) >= 11 is 0. The molecule has 2 saturated heterocycles. The Bertz CT molecular complexity index is 1110. The number of Topliss-reactive ketones (excluding diaryl/α,β-unsaturated/α-hetero) is 1. The maximum absolute atomic E-state index is 13.2. The van der Waals surface area contributed by atoms with Crippen LogP contribution in [-0.4, -0.2) is 78.9 Å². The van der Waals surface area contributed by atoms with E-state index in [2.05, 4.69) is 40.6 Å². The molecule has 7 nitrogen and oxygen atoms in total. The number of morpholine rings is 1. The van der Waals surface area contributed by atoms with Gasteiger partial charge in [-0.3, -0.25) is 19.4 Å². The summed E-state index contributed by atoms with van der Waals surface area (Å²) in [6.07, 6.45) is 0.319. The molecule has 184 valence electrons. The minimum Gasteiger partial charge on any atom is -0.489 e. The molecule has 35 heavy (non-hydrogen) atoms. The van der Waals surface area contributed by atoms with E-state index < -0.39 is 6.04 Å². The Hall–Kier alpha value is -3.00. The molecule has 0 spiro atoms. The third-order valence-electron chi connectivity index (χ3n) is 7.03. The molecule has 0 saturated carbocycles. The van der Waals surface area contributed by atoms with Gasteiger partial charge < -0.3 is 14.4 Å². The number of ketones is 1. The number of nitrogens with zero attached hydrogens (tertiary/aromatic N) is 3. The minimum atomic E-state index is -0.467. The first-order valence-corrected chi connectivity index (χ1v) is 12.3. The predicted molar refractivity (Wildman–Crippen MR) is 133 cm³/mol. The quantitative estimate of drug-likeness (QED) is 0.599. The second-order valence-corrected chi connectivity index (χ2v) is 9.81. The molecule has 0 bridgehead atoms. The van der Waals surface area contributed by atoms with Crippen molar-refractivity contribution in [3.05, 3.63) is 76.9 Å². The van der Waals surface area contributed by atoms with Gasteiger partial charge in [0.2, 0.25) is 0 Å². The number of carbonyl (C=O) groups is 2. The van der Waals surface area contributed by atoms with Crippen LogP contribution in [-0.2, 0) is 29.2 Å². The molecule has 1 atom stereocenters. The number of hydrogen-bond acceptors (Lipinski definition) is 6. The van der Waals surface area contributed by atoms with E-state index in [4.69, 9.17) is 9.47 Å². The number of benzene rings is 2. The van der Waals surface area contributed by atoms with Crippen LogP contribution >= 0.6 is 0 Å². The van der Waals surface area contributed by atoms with Gasteiger partial charge in [-0.15, -0.1) is 0 Å². The van der Waals surface area contributed by atoms with Crippen molar-refractivity contribution in [1.29, 1.82) is 0 Å². The van der Waals surface area contributed by atoms with E-state index in [1.54, 1.807) is 4.90 Å². The molecular formula is C28H33N3O4. The average molecular weight is 476 g/mol. The molecule has 2 aromatic carbocycles. The van der Waals surface area contributed by atoms with Gasteiger partial charge in [-0.05, 0) is 30.3 Å². The monoisotopic (exact) mass is 475 g/mol. The van der Waals surface area contributed by atoms with Crippen LogP contribution in [0.15, 0.2) is 54.6 Å². The van der Waals surface area contributed by atoms with Crippen LogP contribution in [0.5, 0.6) is 5.75 Å². The Kier molecular flexibility index (Phi) is 7.00. The van der Waals surface area contributed by atoms with Gasteiger partial charge in [-0.25, -0.2) is 0 Å². The fourth-order valence-electron chi connectivity index (χ4n) is 5.17. The van der Waals surface area contributed by atoms with Gasteiger partial charge in [0.25, 0.3) is 5.91 Å². The SMILES string of the molecule is C=C1CC(=O)[C@@H](N2Cc3c(OCc4ccc(CN5CCOCC5)cc4)cccc3C2=O)CN(C)C1. The van der Waals surface area contributed by atoms with E-state index >= 15 is 0 Å².